The zero-order chi connectivity index (χ0) is 16.0. The summed E-state index contributed by atoms with van der Waals surface area (Å²) in [5.41, 5.74) is 0.578. The SMILES string of the molecule is CN(C)C(CNC(=O)NCC1(O)CCC1)Cc1ccccc1. The van der Waals surface area contributed by atoms with Gasteiger partial charge in [-0.2, -0.15) is 0 Å². The molecule has 22 heavy (non-hydrogen) atoms. The number of benzene rings is 1. The van der Waals surface area contributed by atoms with E-state index in [4.69, 9.17) is 0 Å². The summed E-state index contributed by atoms with van der Waals surface area (Å²) in [7, 11) is 4.04. The van der Waals surface area contributed by atoms with Gasteiger partial charge in [0.2, 0.25) is 0 Å². The lowest BCUT2D eigenvalue weighted by molar-refractivity contribution is -0.0290. The molecular formula is C17H27N3O2. The molecule has 1 aromatic rings. The van der Waals surface area contributed by atoms with Gasteiger partial charge in [-0.3, -0.25) is 0 Å². The molecule has 0 radical (unpaired) electrons. The lowest BCUT2D eigenvalue weighted by atomic mass is 9.80. The first-order valence-electron chi connectivity index (χ1n) is 7.93. The van der Waals surface area contributed by atoms with Crippen LogP contribution in [0.4, 0.5) is 4.79 Å². The van der Waals surface area contributed by atoms with Crippen LogP contribution in [0, 0.1) is 0 Å². The highest BCUT2D eigenvalue weighted by atomic mass is 16.3. The van der Waals surface area contributed by atoms with Gasteiger partial charge in [0.05, 0.1) is 5.60 Å². The predicted octanol–water partition coefficient (Wildman–Crippen LogP) is 1.37. The molecule has 0 bridgehead atoms. The number of hydrogen-bond donors (Lipinski definition) is 3. The molecule has 5 heteroatoms. The van der Waals surface area contributed by atoms with Crippen molar-refractivity contribution in [3.63, 3.8) is 0 Å². The first-order chi connectivity index (χ1) is 10.5. The summed E-state index contributed by atoms with van der Waals surface area (Å²) in [5.74, 6) is 0. The topological polar surface area (TPSA) is 64.6 Å². The second kappa shape index (κ2) is 7.61. The molecule has 2 rings (SSSR count). The minimum Gasteiger partial charge on any atom is -0.388 e. The number of carbonyl (C=O) groups excluding carboxylic acids is 1. The Balaban J connectivity index is 1.75. The van der Waals surface area contributed by atoms with Crippen molar-refractivity contribution in [3.8, 4) is 0 Å². The number of amides is 2. The predicted molar refractivity (Wildman–Crippen MR) is 87.8 cm³/mol. The zero-order valence-corrected chi connectivity index (χ0v) is 13.5. The number of likely N-dealkylation sites (N-methyl/N-ethyl adjacent to an activating group) is 1. The van der Waals surface area contributed by atoms with Crippen molar-refractivity contribution in [1.29, 1.82) is 0 Å². The summed E-state index contributed by atoms with van der Waals surface area (Å²) in [4.78, 5) is 14.0. The second-order valence-corrected chi connectivity index (χ2v) is 6.45. The number of aliphatic hydroxyl groups is 1. The third-order valence-electron chi connectivity index (χ3n) is 4.40. The largest absolute Gasteiger partial charge is 0.388 e. The van der Waals surface area contributed by atoms with Crippen LogP contribution in [-0.2, 0) is 6.42 Å². The Morgan fingerprint density at radius 1 is 1.27 bits per heavy atom. The molecule has 1 aromatic carbocycles. The summed E-state index contributed by atoms with van der Waals surface area (Å²) in [6, 6.07) is 10.3. The number of hydrogen-bond acceptors (Lipinski definition) is 3. The Kier molecular flexibility index (Phi) is 5.80. The number of nitrogens with zero attached hydrogens (tertiary/aromatic N) is 1. The standard InChI is InChI=1S/C17H27N3O2/c1-20(2)15(11-14-7-4-3-5-8-14)12-18-16(21)19-13-17(22)9-6-10-17/h3-5,7-8,15,22H,6,9-13H2,1-2H3,(H2,18,19,21). The molecule has 1 saturated carbocycles. The third-order valence-corrected chi connectivity index (χ3v) is 4.40. The van der Waals surface area contributed by atoms with Crippen molar-refractivity contribution in [3.05, 3.63) is 35.9 Å². The summed E-state index contributed by atoms with van der Waals surface area (Å²) in [5, 5.41) is 15.6. The van der Waals surface area contributed by atoms with Gasteiger partial charge in [0.1, 0.15) is 0 Å². The van der Waals surface area contributed by atoms with Crippen LogP contribution in [0.25, 0.3) is 0 Å². The van der Waals surface area contributed by atoms with Gasteiger partial charge in [-0.1, -0.05) is 30.3 Å². The van der Waals surface area contributed by atoms with Gasteiger partial charge in [-0.05, 0) is 45.3 Å². The van der Waals surface area contributed by atoms with Crippen molar-refractivity contribution in [2.75, 3.05) is 27.2 Å². The summed E-state index contributed by atoms with van der Waals surface area (Å²) < 4.78 is 0. The number of nitrogens with one attached hydrogen (secondary N) is 2. The van der Waals surface area contributed by atoms with Crippen molar-refractivity contribution < 1.29 is 9.90 Å². The molecular weight excluding hydrogens is 278 g/mol. The first-order valence-corrected chi connectivity index (χ1v) is 7.93. The highest BCUT2D eigenvalue weighted by molar-refractivity contribution is 5.73. The Bertz CT molecular complexity index is 472. The van der Waals surface area contributed by atoms with Crippen LogP contribution >= 0.6 is 0 Å². The van der Waals surface area contributed by atoms with Crippen molar-refractivity contribution >= 4 is 6.03 Å². The molecule has 0 heterocycles. The molecule has 1 unspecified atom stereocenters. The van der Waals surface area contributed by atoms with Crippen molar-refractivity contribution in [2.24, 2.45) is 0 Å². The van der Waals surface area contributed by atoms with Crippen LogP contribution in [0.2, 0.25) is 0 Å². The summed E-state index contributed by atoms with van der Waals surface area (Å²) in [6.07, 6.45) is 3.49. The van der Waals surface area contributed by atoms with E-state index in [1.165, 1.54) is 5.56 Å². The van der Waals surface area contributed by atoms with E-state index in [0.29, 0.717) is 13.1 Å². The molecule has 0 aliphatic heterocycles. The van der Waals surface area contributed by atoms with Crippen LogP contribution < -0.4 is 10.6 Å². The minimum absolute atomic E-state index is 0.208. The first kappa shape index (κ1) is 16.8. The molecule has 1 atom stereocenters. The van der Waals surface area contributed by atoms with Crippen LogP contribution in [0.1, 0.15) is 24.8 Å². The molecule has 2 amide bonds. The second-order valence-electron chi connectivity index (χ2n) is 6.45. The van der Waals surface area contributed by atoms with Gasteiger partial charge in [0.15, 0.2) is 0 Å². The Labute approximate surface area is 132 Å². The normalized spacial score (nSPS) is 17.6. The fraction of sp³-hybridized carbons (Fsp3) is 0.588. The van der Waals surface area contributed by atoms with Crippen molar-refractivity contribution in [1.82, 2.24) is 15.5 Å². The zero-order valence-electron chi connectivity index (χ0n) is 13.5. The van der Waals surface area contributed by atoms with E-state index in [0.717, 1.165) is 25.7 Å². The van der Waals surface area contributed by atoms with Gasteiger partial charge >= 0.3 is 6.03 Å². The highest BCUT2D eigenvalue weighted by Gasteiger charge is 2.34. The van der Waals surface area contributed by atoms with Crippen LogP contribution in [-0.4, -0.2) is 54.9 Å². The van der Waals surface area contributed by atoms with E-state index < -0.39 is 5.60 Å². The fourth-order valence-electron chi connectivity index (χ4n) is 2.60. The fourth-order valence-corrected chi connectivity index (χ4v) is 2.60. The van der Waals surface area contributed by atoms with Gasteiger partial charge in [-0.15, -0.1) is 0 Å². The Hall–Kier alpha value is -1.59. The lowest BCUT2D eigenvalue weighted by Gasteiger charge is -2.36. The third kappa shape index (κ3) is 5.00. The van der Waals surface area contributed by atoms with Crippen LogP contribution in [0.15, 0.2) is 30.3 Å². The molecule has 0 aromatic heterocycles. The Morgan fingerprint density at radius 3 is 2.50 bits per heavy atom. The molecule has 0 saturated heterocycles. The minimum atomic E-state index is -0.678. The maximum Gasteiger partial charge on any atom is 0.314 e. The average molecular weight is 305 g/mol. The van der Waals surface area contributed by atoms with Gasteiger partial charge in [-0.25, -0.2) is 4.79 Å². The lowest BCUT2D eigenvalue weighted by Crippen LogP contribution is -2.51. The van der Waals surface area contributed by atoms with E-state index in [2.05, 4.69) is 27.7 Å². The molecule has 1 aliphatic carbocycles. The maximum atomic E-state index is 11.9. The quantitative estimate of drug-likeness (QED) is 0.713. The number of carbonyl (C=O) groups is 1. The van der Waals surface area contributed by atoms with E-state index in [-0.39, 0.29) is 12.1 Å². The average Bonchev–Trinajstić information content (AvgIpc) is 2.48. The molecule has 3 N–H and O–H groups in total. The maximum absolute atomic E-state index is 11.9. The molecule has 0 spiro atoms. The number of rotatable bonds is 7. The van der Waals surface area contributed by atoms with Gasteiger partial charge in [0.25, 0.3) is 0 Å². The highest BCUT2D eigenvalue weighted by Crippen LogP contribution is 2.30. The van der Waals surface area contributed by atoms with Crippen LogP contribution in [0.3, 0.4) is 0 Å². The molecule has 122 valence electrons. The monoisotopic (exact) mass is 305 g/mol. The summed E-state index contributed by atoms with van der Waals surface area (Å²) >= 11 is 0. The van der Waals surface area contributed by atoms with Crippen molar-refractivity contribution in [2.45, 2.75) is 37.3 Å². The Morgan fingerprint density at radius 2 is 1.95 bits per heavy atom. The summed E-state index contributed by atoms with van der Waals surface area (Å²) in [6.45, 7) is 0.913. The van der Waals surface area contributed by atoms with E-state index in [1.54, 1.807) is 0 Å². The molecule has 1 aliphatic rings. The smallest absolute Gasteiger partial charge is 0.314 e. The van der Waals surface area contributed by atoms with Crippen LogP contribution in [0.5, 0.6) is 0 Å². The van der Waals surface area contributed by atoms with E-state index in [1.807, 2.05) is 32.3 Å². The molecule has 5 nitrogen and oxygen atoms in total. The molecule has 1 fully saturated rings. The van der Waals surface area contributed by atoms with E-state index >= 15 is 0 Å². The van der Waals surface area contributed by atoms with Gasteiger partial charge in [0, 0.05) is 19.1 Å². The number of urea groups is 1. The van der Waals surface area contributed by atoms with Gasteiger partial charge < -0.3 is 20.6 Å². The van der Waals surface area contributed by atoms with E-state index in [9.17, 15) is 9.90 Å².